The molecule has 0 unspecified atom stereocenters. The number of carbonyl (C=O) groups is 1. The van der Waals surface area contributed by atoms with E-state index in [1.54, 1.807) is 6.92 Å². The van der Waals surface area contributed by atoms with Gasteiger partial charge < -0.3 is 4.79 Å². The van der Waals surface area contributed by atoms with Gasteiger partial charge in [0, 0.05) is 12.3 Å². The van der Waals surface area contributed by atoms with Gasteiger partial charge in [-0.15, -0.1) is 11.8 Å². The van der Waals surface area contributed by atoms with Gasteiger partial charge in [0.05, 0.1) is 0 Å². The molecule has 0 spiro atoms. The molecule has 0 aliphatic rings. The number of rotatable bonds is 2. The molecule has 0 saturated heterocycles. The van der Waals surface area contributed by atoms with Crippen LogP contribution < -0.4 is 0 Å². The highest BCUT2D eigenvalue weighted by molar-refractivity contribution is 5.53. The summed E-state index contributed by atoms with van der Waals surface area (Å²) in [4.78, 5) is 9.94. The molecule has 0 aromatic rings. The van der Waals surface area contributed by atoms with Crippen molar-refractivity contribution in [2.45, 2.75) is 20.3 Å². The van der Waals surface area contributed by atoms with Gasteiger partial charge in [-0.05, 0) is 6.92 Å². The fourth-order valence-electron chi connectivity index (χ4n) is 0.311. The van der Waals surface area contributed by atoms with Crippen LogP contribution in [0.5, 0.6) is 0 Å². The Labute approximate surface area is 50.1 Å². The minimum absolute atomic E-state index is 0.0995. The average molecular weight is 110 g/mol. The van der Waals surface area contributed by atoms with Crippen LogP contribution in [0.2, 0.25) is 0 Å². The Kier molecular flexibility index (Phi) is 3.97. The van der Waals surface area contributed by atoms with Crippen LogP contribution in [-0.4, -0.2) is 6.29 Å². The van der Waals surface area contributed by atoms with Gasteiger partial charge in [-0.25, -0.2) is 0 Å². The predicted molar refractivity (Wildman–Crippen MR) is 33.3 cm³/mol. The monoisotopic (exact) mass is 110 g/mol. The summed E-state index contributed by atoms with van der Waals surface area (Å²) in [7, 11) is 0. The maximum atomic E-state index is 9.94. The molecule has 0 heterocycles. The van der Waals surface area contributed by atoms with E-state index < -0.39 is 0 Å². The number of hydrogen-bond acceptors (Lipinski definition) is 1. The van der Waals surface area contributed by atoms with Gasteiger partial charge in [0.1, 0.15) is 6.29 Å². The lowest BCUT2D eigenvalue weighted by molar-refractivity contribution is -0.110. The summed E-state index contributed by atoms with van der Waals surface area (Å²) < 4.78 is 0. The number of carbonyl (C=O) groups excluding carboxylic acids is 1. The average Bonchev–Trinajstić information content (AvgIpc) is 1.83. The lowest BCUT2D eigenvalue weighted by atomic mass is 10.1. The van der Waals surface area contributed by atoms with Crippen LogP contribution in [0.3, 0.4) is 0 Å². The van der Waals surface area contributed by atoms with Gasteiger partial charge >= 0.3 is 0 Å². The smallest absolute Gasteiger partial charge is 0.123 e. The molecule has 1 heteroatoms. The van der Waals surface area contributed by atoms with Gasteiger partial charge in [0.25, 0.3) is 0 Å². The van der Waals surface area contributed by atoms with E-state index in [9.17, 15) is 4.79 Å². The normalized spacial score (nSPS) is 11.2. The van der Waals surface area contributed by atoms with E-state index in [1.165, 1.54) is 0 Å². The SMILES string of the molecule is CC#CC[C@@H](C)C=O. The van der Waals surface area contributed by atoms with Crippen LogP contribution in [0.25, 0.3) is 0 Å². The summed E-state index contributed by atoms with van der Waals surface area (Å²) in [5.41, 5.74) is 0. The van der Waals surface area contributed by atoms with Crippen molar-refractivity contribution in [3.63, 3.8) is 0 Å². The van der Waals surface area contributed by atoms with Crippen molar-refractivity contribution < 1.29 is 4.79 Å². The second-order valence-corrected chi connectivity index (χ2v) is 1.74. The van der Waals surface area contributed by atoms with Crippen molar-refractivity contribution in [2.75, 3.05) is 0 Å². The predicted octanol–water partition coefficient (Wildman–Crippen LogP) is 1.23. The van der Waals surface area contributed by atoms with Crippen molar-refractivity contribution in [3.8, 4) is 11.8 Å². The zero-order chi connectivity index (χ0) is 6.41. The lowest BCUT2D eigenvalue weighted by Crippen LogP contribution is -1.91. The van der Waals surface area contributed by atoms with Crippen LogP contribution in [0.1, 0.15) is 20.3 Å². The van der Waals surface area contributed by atoms with E-state index in [-0.39, 0.29) is 5.92 Å². The summed E-state index contributed by atoms with van der Waals surface area (Å²) in [6.07, 6.45) is 1.62. The zero-order valence-corrected chi connectivity index (χ0v) is 5.27. The molecule has 0 rings (SSSR count). The quantitative estimate of drug-likeness (QED) is 0.386. The largest absolute Gasteiger partial charge is 0.303 e. The Hall–Kier alpha value is -0.770. The van der Waals surface area contributed by atoms with E-state index in [0.717, 1.165) is 6.29 Å². The van der Waals surface area contributed by atoms with E-state index in [1.807, 2.05) is 6.92 Å². The van der Waals surface area contributed by atoms with Crippen molar-refractivity contribution in [2.24, 2.45) is 5.92 Å². The molecule has 44 valence electrons. The Morgan fingerprint density at radius 2 is 2.38 bits per heavy atom. The Balaban J connectivity index is 3.33. The minimum atomic E-state index is 0.0995. The summed E-state index contributed by atoms with van der Waals surface area (Å²) in [6, 6.07) is 0. The summed E-state index contributed by atoms with van der Waals surface area (Å²) in [5, 5.41) is 0. The third-order valence-corrected chi connectivity index (χ3v) is 0.833. The highest BCUT2D eigenvalue weighted by atomic mass is 16.1. The summed E-state index contributed by atoms with van der Waals surface area (Å²) in [6.45, 7) is 3.63. The molecule has 8 heavy (non-hydrogen) atoms. The Morgan fingerprint density at radius 3 is 2.75 bits per heavy atom. The maximum Gasteiger partial charge on any atom is 0.123 e. The highest BCUT2D eigenvalue weighted by Gasteiger charge is 1.92. The van der Waals surface area contributed by atoms with Crippen molar-refractivity contribution in [3.05, 3.63) is 0 Å². The Morgan fingerprint density at radius 1 is 1.75 bits per heavy atom. The van der Waals surface area contributed by atoms with Crippen LogP contribution in [0.15, 0.2) is 0 Å². The topological polar surface area (TPSA) is 17.1 Å². The molecule has 0 fully saturated rings. The third kappa shape index (κ3) is 3.42. The standard InChI is InChI=1S/C7H10O/c1-3-4-5-7(2)6-8/h6-7H,5H2,1-2H3/t7-/m1/s1. The molecule has 0 radical (unpaired) electrons. The van der Waals surface area contributed by atoms with Gasteiger partial charge in [0.2, 0.25) is 0 Å². The molecule has 0 aliphatic heterocycles. The van der Waals surface area contributed by atoms with Crippen LogP contribution in [-0.2, 0) is 4.79 Å². The first kappa shape index (κ1) is 7.23. The van der Waals surface area contributed by atoms with Crippen LogP contribution in [0, 0.1) is 17.8 Å². The minimum Gasteiger partial charge on any atom is -0.303 e. The Bertz CT molecular complexity index is 116. The molecule has 0 saturated carbocycles. The fraction of sp³-hybridized carbons (Fsp3) is 0.571. The van der Waals surface area contributed by atoms with Crippen LogP contribution in [0.4, 0.5) is 0 Å². The van der Waals surface area contributed by atoms with E-state index in [0.29, 0.717) is 6.42 Å². The molecular formula is C7H10O. The second-order valence-electron chi connectivity index (χ2n) is 1.74. The van der Waals surface area contributed by atoms with Crippen LogP contribution >= 0.6 is 0 Å². The first-order valence-electron chi connectivity index (χ1n) is 2.66. The first-order chi connectivity index (χ1) is 3.81. The highest BCUT2D eigenvalue weighted by Crippen LogP contribution is 1.92. The molecule has 0 aliphatic carbocycles. The number of hydrogen-bond donors (Lipinski definition) is 0. The van der Waals surface area contributed by atoms with E-state index in [4.69, 9.17) is 0 Å². The van der Waals surface area contributed by atoms with Gasteiger partial charge in [0.15, 0.2) is 0 Å². The molecular weight excluding hydrogens is 100 g/mol. The fourth-order valence-corrected chi connectivity index (χ4v) is 0.311. The molecule has 1 nitrogen and oxygen atoms in total. The third-order valence-electron chi connectivity index (χ3n) is 0.833. The zero-order valence-electron chi connectivity index (χ0n) is 5.27. The molecule has 0 aromatic heterocycles. The van der Waals surface area contributed by atoms with Gasteiger partial charge in [-0.1, -0.05) is 6.92 Å². The van der Waals surface area contributed by atoms with Crippen molar-refractivity contribution in [1.29, 1.82) is 0 Å². The molecule has 0 aromatic carbocycles. The van der Waals surface area contributed by atoms with E-state index >= 15 is 0 Å². The summed E-state index contributed by atoms with van der Waals surface area (Å²) in [5.74, 6) is 5.64. The molecule has 0 N–H and O–H groups in total. The van der Waals surface area contributed by atoms with E-state index in [2.05, 4.69) is 11.8 Å². The van der Waals surface area contributed by atoms with Gasteiger partial charge in [-0.3, -0.25) is 0 Å². The molecule has 0 bridgehead atoms. The first-order valence-corrected chi connectivity index (χ1v) is 2.66. The number of aldehydes is 1. The summed E-state index contributed by atoms with van der Waals surface area (Å²) >= 11 is 0. The maximum absolute atomic E-state index is 9.94. The van der Waals surface area contributed by atoms with Gasteiger partial charge in [-0.2, -0.15) is 0 Å². The van der Waals surface area contributed by atoms with Crippen molar-refractivity contribution in [1.82, 2.24) is 0 Å². The second kappa shape index (κ2) is 4.39. The molecule has 0 amide bonds. The van der Waals surface area contributed by atoms with Crippen molar-refractivity contribution >= 4 is 6.29 Å². The molecule has 1 atom stereocenters. The lowest BCUT2D eigenvalue weighted by Gasteiger charge is -1.90.